The third-order valence-electron chi connectivity index (χ3n) is 4.50. The van der Waals surface area contributed by atoms with Crippen LogP contribution in [0.3, 0.4) is 0 Å². The summed E-state index contributed by atoms with van der Waals surface area (Å²) in [6.45, 7) is 7.94. The molecule has 0 N–H and O–H groups in total. The minimum Gasteiger partial charge on any atom is -0.243 e. The Kier molecular flexibility index (Phi) is 5.61. The SMILES string of the molecule is Cc1nc(C(C)(C)c2nc(C)n(-c3[c-]cccc3)n2)nn1-c1[c-]cccc1.[Pt+2]. The van der Waals surface area contributed by atoms with Crippen LogP contribution in [0.2, 0.25) is 0 Å². The molecule has 0 saturated carbocycles. The van der Waals surface area contributed by atoms with E-state index in [9.17, 15) is 0 Å². The van der Waals surface area contributed by atoms with Crippen LogP contribution in [0.1, 0.15) is 37.1 Å². The van der Waals surface area contributed by atoms with Crippen molar-refractivity contribution in [3.05, 3.63) is 84.0 Å². The summed E-state index contributed by atoms with van der Waals surface area (Å²) in [7, 11) is 0. The van der Waals surface area contributed by atoms with E-state index in [0.717, 1.165) is 23.0 Å². The quantitative estimate of drug-likeness (QED) is 0.365. The molecule has 0 saturated heterocycles. The monoisotopic (exact) mass is 551 g/mol. The average molecular weight is 552 g/mol. The van der Waals surface area contributed by atoms with Gasteiger partial charge in [0.2, 0.25) is 0 Å². The molecule has 0 atom stereocenters. The first kappa shape index (κ1) is 20.2. The van der Waals surface area contributed by atoms with E-state index in [4.69, 9.17) is 10.2 Å². The summed E-state index contributed by atoms with van der Waals surface area (Å²) in [6, 6.07) is 21.8. The Labute approximate surface area is 178 Å². The van der Waals surface area contributed by atoms with E-state index in [1.807, 2.05) is 76.2 Å². The molecule has 0 unspecified atom stereocenters. The van der Waals surface area contributed by atoms with Gasteiger partial charge in [0.1, 0.15) is 11.6 Å². The van der Waals surface area contributed by atoms with Crippen molar-refractivity contribution in [2.75, 3.05) is 0 Å². The zero-order valence-corrected chi connectivity index (χ0v) is 18.4. The van der Waals surface area contributed by atoms with Gasteiger partial charge in [0.25, 0.3) is 0 Å². The number of nitrogens with zero attached hydrogens (tertiary/aromatic N) is 6. The van der Waals surface area contributed by atoms with Gasteiger partial charge in [0.05, 0.1) is 5.41 Å². The van der Waals surface area contributed by atoms with Crippen molar-refractivity contribution in [3.63, 3.8) is 0 Å². The first-order valence-electron chi connectivity index (χ1n) is 8.79. The van der Waals surface area contributed by atoms with E-state index in [-0.39, 0.29) is 21.1 Å². The zero-order chi connectivity index (χ0) is 19.0. The van der Waals surface area contributed by atoms with Gasteiger partial charge in [-0.2, -0.15) is 58.7 Å². The molecule has 0 bridgehead atoms. The van der Waals surface area contributed by atoms with Crippen LogP contribution in [0, 0.1) is 26.0 Å². The molecule has 0 aliphatic heterocycles. The Bertz CT molecular complexity index is 981. The molecule has 0 aliphatic carbocycles. The van der Waals surface area contributed by atoms with Crippen molar-refractivity contribution in [2.24, 2.45) is 0 Å². The first-order valence-corrected chi connectivity index (χ1v) is 8.79. The molecule has 4 rings (SSSR count). The Morgan fingerprint density at radius 1 is 0.750 bits per heavy atom. The summed E-state index contributed by atoms with van der Waals surface area (Å²) in [5, 5.41) is 9.43. The van der Waals surface area contributed by atoms with Gasteiger partial charge in [-0.1, -0.05) is 0 Å². The van der Waals surface area contributed by atoms with Crippen molar-refractivity contribution in [2.45, 2.75) is 33.1 Å². The number of hydrogen-bond donors (Lipinski definition) is 0. The Balaban J connectivity index is 0.00000225. The number of rotatable bonds is 4. The Hall–Kier alpha value is -2.59. The zero-order valence-electron chi connectivity index (χ0n) is 16.1. The van der Waals surface area contributed by atoms with E-state index in [1.54, 1.807) is 9.36 Å². The maximum absolute atomic E-state index is 4.72. The molecule has 0 amide bonds. The van der Waals surface area contributed by atoms with Crippen LogP contribution in [0.5, 0.6) is 0 Å². The number of aryl methyl sites for hydroxylation is 2. The standard InChI is InChI=1S/C21H20N6.Pt/c1-15-22-19(24-26(15)17-11-7-5-8-12-17)21(3,4)20-23-16(2)27(25-20)18-13-9-6-10-14-18;/h5-11,13H,1-4H3;/q-2;+2. The van der Waals surface area contributed by atoms with Crippen LogP contribution in [0.4, 0.5) is 0 Å². The average Bonchev–Trinajstić information content (AvgIpc) is 3.27. The van der Waals surface area contributed by atoms with Crippen LogP contribution in [-0.2, 0) is 26.5 Å². The fourth-order valence-electron chi connectivity index (χ4n) is 2.90. The van der Waals surface area contributed by atoms with Crippen molar-refractivity contribution < 1.29 is 21.1 Å². The maximum Gasteiger partial charge on any atom is 2.00 e. The number of aromatic nitrogens is 6. The second kappa shape index (κ2) is 7.80. The number of benzene rings is 2. The van der Waals surface area contributed by atoms with Crippen molar-refractivity contribution in [1.82, 2.24) is 29.5 Å². The molecule has 2 aromatic carbocycles. The topological polar surface area (TPSA) is 61.4 Å². The molecule has 2 heterocycles. The second-order valence-corrected chi connectivity index (χ2v) is 6.91. The fraction of sp³-hybridized carbons (Fsp3) is 0.238. The molecule has 0 spiro atoms. The predicted molar refractivity (Wildman–Crippen MR) is 102 cm³/mol. The molecule has 4 aromatic rings. The first-order chi connectivity index (χ1) is 13.0. The van der Waals surface area contributed by atoms with Crippen molar-refractivity contribution >= 4 is 0 Å². The molecule has 7 heteroatoms. The minimum absolute atomic E-state index is 0. The predicted octanol–water partition coefficient (Wildman–Crippen LogP) is 3.39. The second-order valence-electron chi connectivity index (χ2n) is 6.91. The van der Waals surface area contributed by atoms with Gasteiger partial charge < -0.3 is 0 Å². The third-order valence-corrected chi connectivity index (χ3v) is 4.50. The van der Waals surface area contributed by atoms with E-state index in [0.29, 0.717) is 11.6 Å². The van der Waals surface area contributed by atoms with Crippen LogP contribution in [-0.4, -0.2) is 29.5 Å². The molecule has 2 aromatic heterocycles. The molecular weight excluding hydrogens is 531 g/mol. The van der Waals surface area contributed by atoms with E-state index >= 15 is 0 Å². The van der Waals surface area contributed by atoms with Crippen LogP contribution in [0.25, 0.3) is 11.4 Å². The summed E-state index contributed by atoms with van der Waals surface area (Å²) >= 11 is 0. The molecule has 144 valence electrons. The normalized spacial score (nSPS) is 11.3. The van der Waals surface area contributed by atoms with Crippen molar-refractivity contribution in [3.8, 4) is 11.4 Å². The van der Waals surface area contributed by atoms with Gasteiger partial charge >= 0.3 is 21.1 Å². The van der Waals surface area contributed by atoms with Crippen LogP contribution >= 0.6 is 0 Å². The van der Waals surface area contributed by atoms with Crippen LogP contribution in [0.15, 0.2) is 48.5 Å². The van der Waals surface area contributed by atoms with E-state index < -0.39 is 5.41 Å². The Morgan fingerprint density at radius 3 is 1.54 bits per heavy atom. The fourth-order valence-corrected chi connectivity index (χ4v) is 2.90. The van der Waals surface area contributed by atoms with Gasteiger partial charge in [-0.05, 0) is 39.1 Å². The van der Waals surface area contributed by atoms with Gasteiger partial charge in [-0.25, -0.2) is 19.3 Å². The molecular formula is C21H20N6Pt. The molecule has 6 nitrogen and oxygen atoms in total. The van der Waals surface area contributed by atoms with E-state index in [1.165, 1.54) is 0 Å². The summed E-state index contributed by atoms with van der Waals surface area (Å²) in [6.07, 6.45) is 0. The molecule has 0 fully saturated rings. The van der Waals surface area contributed by atoms with E-state index in [2.05, 4.69) is 22.1 Å². The summed E-state index contributed by atoms with van der Waals surface area (Å²) in [4.78, 5) is 9.36. The number of para-hydroxylation sites is 2. The third kappa shape index (κ3) is 3.57. The summed E-state index contributed by atoms with van der Waals surface area (Å²) < 4.78 is 3.60. The van der Waals surface area contributed by atoms with Crippen LogP contribution < -0.4 is 0 Å². The molecule has 0 aliphatic rings. The van der Waals surface area contributed by atoms with Gasteiger partial charge in [-0.3, -0.25) is 0 Å². The largest absolute Gasteiger partial charge is 2.00 e. The minimum atomic E-state index is -0.546. The molecule has 0 radical (unpaired) electrons. The number of hydrogen-bond acceptors (Lipinski definition) is 4. The van der Waals surface area contributed by atoms with Gasteiger partial charge in [0.15, 0.2) is 11.6 Å². The smallest absolute Gasteiger partial charge is 0.243 e. The van der Waals surface area contributed by atoms with Crippen molar-refractivity contribution in [1.29, 1.82) is 0 Å². The van der Waals surface area contributed by atoms with Gasteiger partial charge in [0, 0.05) is 0 Å². The summed E-state index contributed by atoms with van der Waals surface area (Å²) in [5.41, 5.74) is 1.17. The molecule has 28 heavy (non-hydrogen) atoms. The summed E-state index contributed by atoms with van der Waals surface area (Å²) in [5.74, 6) is 2.94. The maximum atomic E-state index is 4.72. The van der Waals surface area contributed by atoms with Gasteiger partial charge in [-0.15, -0.1) is 12.1 Å². The Morgan fingerprint density at radius 2 is 1.18 bits per heavy atom.